The summed E-state index contributed by atoms with van der Waals surface area (Å²) in [6, 6.07) is 13.1. The van der Waals surface area contributed by atoms with Crippen LogP contribution in [0.1, 0.15) is 16.1 Å². The summed E-state index contributed by atoms with van der Waals surface area (Å²) >= 11 is 1.18. The number of amides is 1. The molecular formula is C23H21N3O7S. The third-order valence-corrected chi connectivity index (χ3v) is 6.17. The number of carbonyl (C=O) groups excluding carboxylic acids is 2. The molecule has 0 spiro atoms. The number of ether oxygens (including phenoxy) is 3. The zero-order valence-electron chi connectivity index (χ0n) is 18.4. The minimum Gasteiger partial charge on any atom is -0.456 e. The summed E-state index contributed by atoms with van der Waals surface area (Å²) in [5.41, 5.74) is 0.121. The number of hydrogen-bond donors (Lipinski definition) is 1. The molecule has 10 nitrogen and oxygen atoms in total. The lowest BCUT2D eigenvalue weighted by Gasteiger charge is -2.12. The zero-order chi connectivity index (χ0) is 24.2. The fourth-order valence-corrected chi connectivity index (χ4v) is 4.05. The van der Waals surface area contributed by atoms with Crippen LogP contribution in [-0.2, 0) is 30.2 Å². The molecule has 11 heteroatoms. The van der Waals surface area contributed by atoms with Crippen LogP contribution in [0.2, 0.25) is 0 Å². The summed E-state index contributed by atoms with van der Waals surface area (Å²) < 4.78 is 18.1. The molecule has 4 rings (SSSR count). The first-order valence-electron chi connectivity index (χ1n) is 10.2. The lowest BCUT2D eigenvalue weighted by Crippen LogP contribution is -2.38. The van der Waals surface area contributed by atoms with Crippen molar-refractivity contribution < 1.29 is 23.8 Å². The largest absolute Gasteiger partial charge is 0.456 e. The molecule has 0 aliphatic carbocycles. The molecule has 0 atom stereocenters. The van der Waals surface area contributed by atoms with Gasteiger partial charge in [-0.1, -0.05) is 12.1 Å². The van der Waals surface area contributed by atoms with Crippen LogP contribution in [0.5, 0.6) is 11.5 Å². The number of nitrogens with one attached hydrogen (secondary N) is 1. The third kappa shape index (κ3) is 4.99. The van der Waals surface area contributed by atoms with Gasteiger partial charge >= 0.3 is 11.7 Å². The van der Waals surface area contributed by atoms with E-state index < -0.39 is 17.2 Å². The van der Waals surface area contributed by atoms with Crippen molar-refractivity contribution in [2.24, 2.45) is 14.1 Å². The van der Waals surface area contributed by atoms with Gasteiger partial charge in [-0.05, 0) is 24.3 Å². The molecule has 1 N–H and O–H groups in total. The van der Waals surface area contributed by atoms with Crippen LogP contribution in [0.4, 0.5) is 5.69 Å². The van der Waals surface area contributed by atoms with E-state index >= 15 is 0 Å². The summed E-state index contributed by atoms with van der Waals surface area (Å²) in [7, 11) is 2.87. The van der Waals surface area contributed by atoms with E-state index in [9.17, 15) is 19.2 Å². The van der Waals surface area contributed by atoms with Gasteiger partial charge in [-0.15, -0.1) is 11.8 Å². The number of thioether (sulfide) groups is 1. The number of rotatable bonds is 7. The summed E-state index contributed by atoms with van der Waals surface area (Å²) in [6.45, 7) is -0.100. The number of fused-ring (bicyclic) bond motifs is 1. The van der Waals surface area contributed by atoms with Gasteiger partial charge in [0.2, 0.25) is 12.7 Å². The van der Waals surface area contributed by atoms with E-state index in [1.165, 1.54) is 36.5 Å². The van der Waals surface area contributed by atoms with Gasteiger partial charge in [0.15, 0.2) is 11.5 Å². The number of esters is 1. The highest BCUT2D eigenvalue weighted by molar-refractivity contribution is 8.00. The summed E-state index contributed by atoms with van der Waals surface area (Å²) in [5, 5.41) is 2.78. The molecule has 0 bridgehead atoms. The standard InChI is InChI=1S/C23H21N3O7S/c1-25-15(10-21(28)26(2)23(25)30)11-31-22(29)16-5-3-4-6-19(16)34-12-20(27)24-14-7-8-17-18(9-14)33-13-32-17/h3-10H,11-13H2,1-2H3,(H,24,27). The van der Waals surface area contributed by atoms with Crippen molar-refractivity contribution in [1.29, 1.82) is 0 Å². The highest BCUT2D eigenvalue weighted by atomic mass is 32.2. The van der Waals surface area contributed by atoms with Crippen LogP contribution < -0.4 is 26.0 Å². The Hall–Kier alpha value is -3.99. The molecule has 0 saturated heterocycles. The van der Waals surface area contributed by atoms with Crippen LogP contribution in [0.25, 0.3) is 0 Å². The zero-order valence-corrected chi connectivity index (χ0v) is 19.2. The normalized spacial score (nSPS) is 11.8. The smallest absolute Gasteiger partial charge is 0.339 e. The lowest BCUT2D eigenvalue weighted by molar-refractivity contribution is -0.113. The minimum atomic E-state index is -0.632. The Morgan fingerprint density at radius 3 is 2.62 bits per heavy atom. The van der Waals surface area contributed by atoms with E-state index in [0.29, 0.717) is 22.1 Å². The van der Waals surface area contributed by atoms with Crippen molar-refractivity contribution in [3.05, 3.63) is 80.6 Å². The van der Waals surface area contributed by atoms with Crippen molar-refractivity contribution >= 4 is 29.3 Å². The van der Waals surface area contributed by atoms with Crippen LogP contribution in [-0.4, -0.2) is 33.6 Å². The highest BCUT2D eigenvalue weighted by Gasteiger charge is 2.17. The first kappa shape index (κ1) is 23.2. The van der Waals surface area contributed by atoms with E-state index in [4.69, 9.17) is 14.2 Å². The minimum absolute atomic E-state index is 0.0575. The summed E-state index contributed by atoms with van der Waals surface area (Å²) in [5.74, 6) is 0.347. The van der Waals surface area contributed by atoms with Crippen molar-refractivity contribution in [2.45, 2.75) is 11.5 Å². The number of carbonyl (C=O) groups is 2. The van der Waals surface area contributed by atoms with Crippen LogP contribution >= 0.6 is 11.8 Å². The maximum absolute atomic E-state index is 12.7. The summed E-state index contributed by atoms with van der Waals surface area (Å²) in [6.07, 6.45) is 0. The molecule has 0 saturated carbocycles. The molecule has 0 fully saturated rings. The van der Waals surface area contributed by atoms with E-state index in [-0.39, 0.29) is 36.3 Å². The summed E-state index contributed by atoms with van der Waals surface area (Å²) in [4.78, 5) is 49.6. The lowest BCUT2D eigenvalue weighted by atomic mass is 10.2. The van der Waals surface area contributed by atoms with Crippen molar-refractivity contribution in [3.8, 4) is 11.5 Å². The molecule has 1 aliphatic heterocycles. The number of nitrogens with zero attached hydrogens (tertiary/aromatic N) is 2. The second-order valence-electron chi connectivity index (χ2n) is 7.35. The Morgan fingerprint density at radius 2 is 1.79 bits per heavy atom. The average Bonchev–Trinajstić information content (AvgIpc) is 3.31. The first-order valence-corrected chi connectivity index (χ1v) is 11.2. The first-order chi connectivity index (χ1) is 16.3. The molecule has 2 aromatic carbocycles. The molecular weight excluding hydrogens is 462 g/mol. The Morgan fingerprint density at radius 1 is 1.03 bits per heavy atom. The van der Waals surface area contributed by atoms with Crippen molar-refractivity contribution in [2.75, 3.05) is 17.9 Å². The number of benzene rings is 2. The monoisotopic (exact) mass is 483 g/mol. The Bertz CT molecular complexity index is 1380. The number of anilines is 1. The molecule has 34 heavy (non-hydrogen) atoms. The molecule has 2 heterocycles. The maximum Gasteiger partial charge on any atom is 0.339 e. The molecule has 176 valence electrons. The second kappa shape index (κ2) is 9.87. The van der Waals surface area contributed by atoms with Crippen LogP contribution in [0, 0.1) is 0 Å². The van der Waals surface area contributed by atoms with E-state index in [1.54, 1.807) is 42.5 Å². The molecule has 1 aromatic heterocycles. The molecule has 1 aliphatic rings. The van der Waals surface area contributed by atoms with Crippen LogP contribution in [0.15, 0.2) is 63.0 Å². The molecule has 3 aromatic rings. The van der Waals surface area contributed by atoms with Gasteiger partial charge in [0, 0.05) is 36.8 Å². The number of hydrogen-bond acceptors (Lipinski definition) is 8. The van der Waals surface area contributed by atoms with Gasteiger partial charge in [-0.3, -0.25) is 18.7 Å². The van der Waals surface area contributed by atoms with E-state index in [1.807, 2.05) is 0 Å². The van der Waals surface area contributed by atoms with Crippen molar-refractivity contribution in [1.82, 2.24) is 9.13 Å². The van der Waals surface area contributed by atoms with Gasteiger partial charge in [-0.2, -0.15) is 0 Å². The topological polar surface area (TPSA) is 118 Å². The van der Waals surface area contributed by atoms with Gasteiger partial charge in [-0.25, -0.2) is 9.59 Å². The van der Waals surface area contributed by atoms with Gasteiger partial charge < -0.3 is 19.5 Å². The Labute approximate surface area is 198 Å². The molecule has 0 unspecified atom stereocenters. The van der Waals surface area contributed by atoms with E-state index in [0.717, 1.165) is 4.57 Å². The predicted octanol–water partition coefficient (Wildman–Crippen LogP) is 1.90. The molecule has 0 radical (unpaired) electrons. The SMILES string of the molecule is Cn1c(COC(=O)c2ccccc2SCC(=O)Nc2ccc3c(c2)OCO3)cc(=O)n(C)c1=O. The predicted molar refractivity (Wildman–Crippen MR) is 124 cm³/mol. The third-order valence-electron chi connectivity index (χ3n) is 5.10. The van der Waals surface area contributed by atoms with Gasteiger partial charge in [0.25, 0.3) is 5.56 Å². The molecule has 1 amide bonds. The quantitative estimate of drug-likeness (QED) is 0.400. The fourth-order valence-electron chi connectivity index (χ4n) is 3.21. The highest BCUT2D eigenvalue weighted by Crippen LogP contribution is 2.34. The van der Waals surface area contributed by atoms with E-state index in [2.05, 4.69) is 5.32 Å². The Kier molecular flexibility index (Phi) is 6.73. The average molecular weight is 484 g/mol. The number of aromatic nitrogens is 2. The van der Waals surface area contributed by atoms with Crippen molar-refractivity contribution in [3.63, 3.8) is 0 Å². The Balaban J connectivity index is 1.38. The van der Waals surface area contributed by atoms with Gasteiger partial charge in [0.05, 0.1) is 17.0 Å². The van der Waals surface area contributed by atoms with Gasteiger partial charge in [0.1, 0.15) is 6.61 Å². The van der Waals surface area contributed by atoms with Crippen LogP contribution in [0.3, 0.4) is 0 Å². The second-order valence-corrected chi connectivity index (χ2v) is 8.37. The maximum atomic E-state index is 12.7. The fraction of sp³-hybridized carbons (Fsp3) is 0.217.